The lowest BCUT2D eigenvalue weighted by Crippen LogP contribution is -2.35. The van der Waals surface area contributed by atoms with Crippen molar-refractivity contribution in [1.29, 1.82) is 0 Å². The Morgan fingerprint density at radius 2 is 1.85 bits per heavy atom. The molecule has 0 radical (unpaired) electrons. The molecule has 0 amide bonds. The highest BCUT2D eigenvalue weighted by Gasteiger charge is 2.39. The molecule has 2 rings (SSSR count). The van der Waals surface area contributed by atoms with Gasteiger partial charge >= 0.3 is 0 Å². The summed E-state index contributed by atoms with van der Waals surface area (Å²) in [5.41, 5.74) is 0. The van der Waals surface area contributed by atoms with E-state index in [-0.39, 0.29) is 5.79 Å². The zero-order chi connectivity index (χ0) is 9.15. The maximum absolute atomic E-state index is 5.66. The molecule has 2 heteroatoms. The Morgan fingerprint density at radius 1 is 1.23 bits per heavy atom. The molecular formula is C11H18O2. The predicted octanol–water partition coefficient (Wildman–Crippen LogP) is 2.50. The van der Waals surface area contributed by atoms with Crippen molar-refractivity contribution in [2.24, 2.45) is 5.92 Å². The van der Waals surface area contributed by atoms with E-state index in [1.165, 1.54) is 12.8 Å². The number of ether oxygens (including phenoxy) is 2. The molecule has 0 N–H and O–H groups in total. The van der Waals surface area contributed by atoms with Crippen molar-refractivity contribution in [3.63, 3.8) is 0 Å². The van der Waals surface area contributed by atoms with Gasteiger partial charge in [-0.1, -0.05) is 6.08 Å². The minimum Gasteiger partial charge on any atom is -0.348 e. The van der Waals surface area contributed by atoms with Crippen LogP contribution in [0.4, 0.5) is 0 Å². The van der Waals surface area contributed by atoms with Gasteiger partial charge in [-0.3, -0.25) is 0 Å². The van der Waals surface area contributed by atoms with E-state index in [2.05, 4.69) is 6.58 Å². The van der Waals surface area contributed by atoms with Crippen molar-refractivity contribution in [2.45, 2.75) is 37.9 Å². The molecule has 1 saturated heterocycles. The van der Waals surface area contributed by atoms with Crippen molar-refractivity contribution in [1.82, 2.24) is 0 Å². The summed E-state index contributed by atoms with van der Waals surface area (Å²) in [6.07, 6.45) is 7.78. The quantitative estimate of drug-likeness (QED) is 0.611. The van der Waals surface area contributed by atoms with E-state index in [1.807, 2.05) is 6.08 Å². The lowest BCUT2D eigenvalue weighted by molar-refractivity contribution is -0.182. The van der Waals surface area contributed by atoms with E-state index in [0.717, 1.165) is 38.4 Å². The van der Waals surface area contributed by atoms with Gasteiger partial charge in [0.05, 0.1) is 13.2 Å². The fraction of sp³-hybridized carbons (Fsp3) is 0.818. The molecule has 1 saturated carbocycles. The predicted molar refractivity (Wildman–Crippen MR) is 51.4 cm³/mol. The Balaban J connectivity index is 1.84. The van der Waals surface area contributed by atoms with Crippen molar-refractivity contribution >= 4 is 0 Å². The maximum Gasteiger partial charge on any atom is 0.168 e. The van der Waals surface area contributed by atoms with Crippen molar-refractivity contribution < 1.29 is 9.47 Å². The summed E-state index contributed by atoms with van der Waals surface area (Å²) in [7, 11) is 0. The third-order valence-corrected chi connectivity index (χ3v) is 3.18. The highest BCUT2D eigenvalue weighted by molar-refractivity contribution is 4.85. The molecule has 0 aromatic carbocycles. The van der Waals surface area contributed by atoms with Crippen LogP contribution in [0.1, 0.15) is 32.1 Å². The van der Waals surface area contributed by atoms with Crippen LogP contribution in [0.25, 0.3) is 0 Å². The van der Waals surface area contributed by atoms with Gasteiger partial charge < -0.3 is 9.47 Å². The zero-order valence-electron chi connectivity index (χ0n) is 8.13. The first-order valence-electron chi connectivity index (χ1n) is 5.23. The summed E-state index contributed by atoms with van der Waals surface area (Å²) in [6.45, 7) is 5.35. The SMILES string of the molecule is C=CCC1CCC2(CC1)OCCO2. The van der Waals surface area contributed by atoms with Crippen LogP contribution < -0.4 is 0 Å². The van der Waals surface area contributed by atoms with E-state index in [4.69, 9.17) is 9.47 Å². The molecule has 2 nitrogen and oxygen atoms in total. The van der Waals surface area contributed by atoms with Gasteiger partial charge in [-0.2, -0.15) is 0 Å². The second-order valence-corrected chi connectivity index (χ2v) is 4.08. The average molecular weight is 182 g/mol. The van der Waals surface area contributed by atoms with E-state index in [9.17, 15) is 0 Å². The second kappa shape index (κ2) is 3.81. The Bertz CT molecular complexity index is 173. The van der Waals surface area contributed by atoms with Crippen LogP contribution in [0.2, 0.25) is 0 Å². The normalized spacial score (nSPS) is 28.0. The van der Waals surface area contributed by atoms with Crippen LogP contribution in [0.5, 0.6) is 0 Å². The van der Waals surface area contributed by atoms with E-state index < -0.39 is 0 Å². The number of rotatable bonds is 2. The lowest BCUT2D eigenvalue weighted by Gasteiger charge is -2.35. The molecule has 13 heavy (non-hydrogen) atoms. The van der Waals surface area contributed by atoms with Gasteiger partial charge in [-0.05, 0) is 25.2 Å². The summed E-state index contributed by atoms with van der Waals surface area (Å²) >= 11 is 0. The van der Waals surface area contributed by atoms with Gasteiger partial charge in [-0.15, -0.1) is 6.58 Å². The van der Waals surface area contributed by atoms with E-state index >= 15 is 0 Å². The number of hydrogen-bond acceptors (Lipinski definition) is 2. The Hall–Kier alpha value is -0.340. The van der Waals surface area contributed by atoms with Gasteiger partial charge in [0.2, 0.25) is 0 Å². The summed E-state index contributed by atoms with van der Waals surface area (Å²) in [4.78, 5) is 0. The average Bonchev–Trinajstić information content (AvgIpc) is 2.59. The van der Waals surface area contributed by atoms with Crippen LogP contribution in [0.3, 0.4) is 0 Å². The Morgan fingerprint density at radius 3 is 2.38 bits per heavy atom. The molecule has 0 aromatic rings. The fourth-order valence-electron chi connectivity index (χ4n) is 2.37. The first kappa shape index (κ1) is 9.22. The molecule has 0 unspecified atom stereocenters. The molecule has 1 heterocycles. The molecule has 74 valence electrons. The molecule has 0 atom stereocenters. The van der Waals surface area contributed by atoms with Crippen LogP contribution in [-0.2, 0) is 9.47 Å². The van der Waals surface area contributed by atoms with Crippen molar-refractivity contribution in [3.05, 3.63) is 12.7 Å². The summed E-state index contributed by atoms with van der Waals surface area (Å²) in [6, 6.07) is 0. The first-order chi connectivity index (χ1) is 6.35. The number of hydrogen-bond donors (Lipinski definition) is 0. The van der Waals surface area contributed by atoms with E-state index in [0.29, 0.717) is 0 Å². The third-order valence-electron chi connectivity index (χ3n) is 3.18. The molecule has 1 spiro atoms. The van der Waals surface area contributed by atoms with E-state index in [1.54, 1.807) is 0 Å². The summed E-state index contributed by atoms with van der Waals surface area (Å²) < 4.78 is 11.3. The highest BCUT2D eigenvalue weighted by atomic mass is 16.7. The minimum absolute atomic E-state index is 0.183. The molecule has 0 aromatic heterocycles. The summed E-state index contributed by atoms with van der Waals surface area (Å²) in [5, 5.41) is 0. The van der Waals surface area contributed by atoms with Gasteiger partial charge in [-0.25, -0.2) is 0 Å². The molecular weight excluding hydrogens is 164 g/mol. The topological polar surface area (TPSA) is 18.5 Å². The van der Waals surface area contributed by atoms with Crippen LogP contribution in [-0.4, -0.2) is 19.0 Å². The largest absolute Gasteiger partial charge is 0.348 e. The van der Waals surface area contributed by atoms with Gasteiger partial charge in [0.15, 0.2) is 5.79 Å². The fourth-order valence-corrected chi connectivity index (χ4v) is 2.37. The molecule has 1 aliphatic carbocycles. The minimum atomic E-state index is -0.183. The second-order valence-electron chi connectivity index (χ2n) is 4.08. The monoisotopic (exact) mass is 182 g/mol. The van der Waals surface area contributed by atoms with Crippen LogP contribution in [0.15, 0.2) is 12.7 Å². The van der Waals surface area contributed by atoms with Crippen LogP contribution in [0, 0.1) is 5.92 Å². The molecule has 2 fully saturated rings. The maximum atomic E-state index is 5.66. The van der Waals surface area contributed by atoms with Crippen LogP contribution >= 0.6 is 0 Å². The van der Waals surface area contributed by atoms with Gasteiger partial charge in [0.25, 0.3) is 0 Å². The lowest BCUT2D eigenvalue weighted by atomic mass is 9.83. The standard InChI is InChI=1S/C11H18O2/c1-2-3-10-4-6-11(7-5-10)12-8-9-13-11/h2,10H,1,3-9H2. The Labute approximate surface area is 79.9 Å². The smallest absolute Gasteiger partial charge is 0.168 e. The highest BCUT2D eigenvalue weighted by Crippen LogP contribution is 2.39. The third kappa shape index (κ3) is 1.94. The Kier molecular flexibility index (Phi) is 2.70. The van der Waals surface area contributed by atoms with Gasteiger partial charge in [0, 0.05) is 12.8 Å². The van der Waals surface area contributed by atoms with Crippen molar-refractivity contribution in [3.8, 4) is 0 Å². The molecule has 2 aliphatic rings. The molecule has 1 aliphatic heterocycles. The first-order valence-corrected chi connectivity index (χ1v) is 5.23. The van der Waals surface area contributed by atoms with Crippen molar-refractivity contribution in [2.75, 3.05) is 13.2 Å². The summed E-state index contributed by atoms with van der Waals surface area (Å²) in [5.74, 6) is 0.633. The number of allylic oxidation sites excluding steroid dienone is 1. The molecule has 0 bridgehead atoms. The zero-order valence-corrected chi connectivity index (χ0v) is 8.13. The van der Waals surface area contributed by atoms with Gasteiger partial charge in [0.1, 0.15) is 0 Å².